The summed E-state index contributed by atoms with van der Waals surface area (Å²) in [5, 5.41) is 12.6. The molecule has 1 aromatic heterocycles. The number of aliphatic hydroxyl groups excluding tert-OH is 1. The number of aromatic nitrogens is 2. The van der Waals surface area contributed by atoms with E-state index in [1.165, 1.54) is 0 Å². The molecule has 0 saturated heterocycles. The lowest BCUT2D eigenvalue weighted by Crippen LogP contribution is -2.38. The number of carbonyl (C=O) groups is 1. The molecule has 0 spiro atoms. The first-order chi connectivity index (χ1) is 12.0. The van der Waals surface area contributed by atoms with Gasteiger partial charge >= 0.3 is 0 Å². The van der Waals surface area contributed by atoms with Crippen LogP contribution in [0.4, 0.5) is 5.82 Å². The minimum atomic E-state index is -0.216. The standard InChI is InChI=1S/C19H24N4O2/c1-23(2)18-12-20-11-17(22-18)13-3-5-14(6-4-13)19(25)21-15-7-9-16(24)10-8-15/h3-6,11-12,15-16,24H,7-10H2,1-2H3,(H,21,25). The van der Waals surface area contributed by atoms with E-state index >= 15 is 0 Å². The number of anilines is 1. The van der Waals surface area contributed by atoms with Crippen molar-refractivity contribution in [2.24, 2.45) is 0 Å². The summed E-state index contributed by atoms with van der Waals surface area (Å²) in [7, 11) is 3.84. The van der Waals surface area contributed by atoms with Gasteiger partial charge in [-0.25, -0.2) is 4.98 Å². The predicted octanol–water partition coefficient (Wildman–Crippen LogP) is 2.24. The highest BCUT2D eigenvalue weighted by Crippen LogP contribution is 2.21. The normalized spacial score (nSPS) is 20.1. The first-order valence-corrected chi connectivity index (χ1v) is 8.61. The lowest BCUT2D eigenvalue weighted by molar-refractivity contribution is 0.0867. The maximum Gasteiger partial charge on any atom is 0.251 e. The average Bonchev–Trinajstić information content (AvgIpc) is 2.64. The van der Waals surface area contributed by atoms with Crippen LogP contribution in [0.5, 0.6) is 0 Å². The number of nitrogens with one attached hydrogen (secondary N) is 1. The Morgan fingerprint density at radius 1 is 1.12 bits per heavy atom. The van der Waals surface area contributed by atoms with Crippen LogP contribution >= 0.6 is 0 Å². The third kappa shape index (κ3) is 4.33. The minimum absolute atomic E-state index is 0.0685. The first-order valence-electron chi connectivity index (χ1n) is 8.61. The van der Waals surface area contributed by atoms with Gasteiger partial charge in [-0.1, -0.05) is 12.1 Å². The van der Waals surface area contributed by atoms with Gasteiger partial charge in [0, 0.05) is 31.3 Å². The Hall–Kier alpha value is -2.47. The minimum Gasteiger partial charge on any atom is -0.393 e. The highest BCUT2D eigenvalue weighted by molar-refractivity contribution is 5.94. The quantitative estimate of drug-likeness (QED) is 0.892. The molecule has 2 N–H and O–H groups in total. The maximum atomic E-state index is 12.4. The third-order valence-electron chi connectivity index (χ3n) is 4.55. The lowest BCUT2D eigenvalue weighted by atomic mass is 9.93. The van der Waals surface area contributed by atoms with Crippen molar-refractivity contribution in [2.75, 3.05) is 19.0 Å². The van der Waals surface area contributed by atoms with Crippen molar-refractivity contribution < 1.29 is 9.90 Å². The molecule has 1 amide bonds. The van der Waals surface area contributed by atoms with Crippen LogP contribution in [0.3, 0.4) is 0 Å². The van der Waals surface area contributed by atoms with Crippen LogP contribution in [0.2, 0.25) is 0 Å². The Balaban J connectivity index is 1.67. The van der Waals surface area contributed by atoms with Crippen LogP contribution in [0.15, 0.2) is 36.7 Å². The zero-order valence-corrected chi connectivity index (χ0v) is 14.6. The molecule has 2 aromatic rings. The molecular formula is C19H24N4O2. The second-order valence-electron chi connectivity index (χ2n) is 6.71. The fourth-order valence-electron chi connectivity index (χ4n) is 2.99. The number of rotatable bonds is 4. The summed E-state index contributed by atoms with van der Waals surface area (Å²) in [6.07, 6.45) is 6.39. The van der Waals surface area contributed by atoms with Crippen molar-refractivity contribution in [1.82, 2.24) is 15.3 Å². The van der Waals surface area contributed by atoms with Gasteiger partial charge in [0.2, 0.25) is 0 Å². The number of benzene rings is 1. The molecule has 6 heteroatoms. The third-order valence-corrected chi connectivity index (χ3v) is 4.55. The Kier molecular flexibility index (Phi) is 5.28. The molecule has 0 unspecified atom stereocenters. The maximum absolute atomic E-state index is 12.4. The van der Waals surface area contributed by atoms with E-state index in [0.717, 1.165) is 42.8 Å². The van der Waals surface area contributed by atoms with E-state index in [4.69, 9.17) is 0 Å². The van der Waals surface area contributed by atoms with Crippen LogP contribution in [0.1, 0.15) is 36.0 Å². The molecule has 0 aliphatic heterocycles. The molecule has 1 saturated carbocycles. The van der Waals surface area contributed by atoms with Crippen LogP contribution in [0, 0.1) is 0 Å². The zero-order chi connectivity index (χ0) is 17.8. The summed E-state index contributed by atoms with van der Waals surface area (Å²) in [5.74, 6) is 0.722. The number of hydrogen-bond donors (Lipinski definition) is 2. The molecule has 1 heterocycles. The fraction of sp³-hybridized carbons (Fsp3) is 0.421. The SMILES string of the molecule is CN(C)c1cncc(-c2ccc(C(=O)NC3CCC(O)CC3)cc2)n1. The van der Waals surface area contributed by atoms with Crippen molar-refractivity contribution in [3.05, 3.63) is 42.2 Å². The second-order valence-corrected chi connectivity index (χ2v) is 6.71. The number of aliphatic hydroxyl groups is 1. The van der Waals surface area contributed by atoms with Crippen molar-refractivity contribution in [2.45, 2.75) is 37.8 Å². The molecule has 0 radical (unpaired) electrons. The highest BCUT2D eigenvalue weighted by Gasteiger charge is 2.21. The molecule has 1 aliphatic carbocycles. The van der Waals surface area contributed by atoms with Gasteiger partial charge in [-0.15, -0.1) is 0 Å². The van der Waals surface area contributed by atoms with E-state index < -0.39 is 0 Å². The lowest BCUT2D eigenvalue weighted by Gasteiger charge is -2.26. The zero-order valence-electron chi connectivity index (χ0n) is 14.6. The van der Waals surface area contributed by atoms with Crippen LogP contribution in [-0.4, -0.2) is 47.2 Å². The summed E-state index contributed by atoms with van der Waals surface area (Å²) in [6, 6.07) is 7.56. The smallest absolute Gasteiger partial charge is 0.251 e. The highest BCUT2D eigenvalue weighted by atomic mass is 16.3. The van der Waals surface area contributed by atoms with Gasteiger partial charge in [0.15, 0.2) is 0 Å². The van der Waals surface area contributed by atoms with E-state index in [-0.39, 0.29) is 18.1 Å². The van der Waals surface area contributed by atoms with Gasteiger partial charge in [-0.3, -0.25) is 9.78 Å². The van der Waals surface area contributed by atoms with Gasteiger partial charge in [0.1, 0.15) is 5.82 Å². The van der Waals surface area contributed by atoms with E-state index in [1.807, 2.05) is 43.3 Å². The fourth-order valence-corrected chi connectivity index (χ4v) is 2.99. The van der Waals surface area contributed by atoms with Gasteiger partial charge in [-0.05, 0) is 37.8 Å². The van der Waals surface area contributed by atoms with E-state index in [9.17, 15) is 9.90 Å². The summed E-state index contributed by atoms with van der Waals surface area (Å²) >= 11 is 0. The molecule has 1 aliphatic rings. The molecule has 0 atom stereocenters. The van der Waals surface area contributed by atoms with Crippen molar-refractivity contribution >= 4 is 11.7 Å². The Labute approximate surface area is 147 Å². The van der Waals surface area contributed by atoms with Gasteiger partial charge in [-0.2, -0.15) is 0 Å². The Bertz CT molecular complexity index is 722. The largest absolute Gasteiger partial charge is 0.393 e. The summed E-state index contributed by atoms with van der Waals surface area (Å²) in [5.41, 5.74) is 2.33. The van der Waals surface area contributed by atoms with Crippen LogP contribution in [-0.2, 0) is 0 Å². The number of nitrogens with zero attached hydrogens (tertiary/aromatic N) is 3. The van der Waals surface area contributed by atoms with Gasteiger partial charge in [0.25, 0.3) is 5.91 Å². The van der Waals surface area contributed by atoms with Crippen LogP contribution < -0.4 is 10.2 Å². The number of amides is 1. The number of hydrogen-bond acceptors (Lipinski definition) is 5. The summed E-state index contributed by atoms with van der Waals surface area (Å²) in [6.45, 7) is 0. The molecule has 132 valence electrons. The average molecular weight is 340 g/mol. The van der Waals surface area contributed by atoms with Crippen molar-refractivity contribution in [3.63, 3.8) is 0 Å². The van der Waals surface area contributed by atoms with E-state index in [0.29, 0.717) is 5.56 Å². The summed E-state index contributed by atoms with van der Waals surface area (Å²) < 4.78 is 0. The molecule has 3 rings (SSSR count). The first kappa shape index (κ1) is 17.4. The van der Waals surface area contributed by atoms with Crippen molar-refractivity contribution in [1.29, 1.82) is 0 Å². The Morgan fingerprint density at radius 2 is 1.80 bits per heavy atom. The molecule has 1 aromatic carbocycles. The van der Waals surface area contributed by atoms with E-state index in [2.05, 4.69) is 15.3 Å². The molecule has 0 bridgehead atoms. The molecule has 1 fully saturated rings. The number of carbonyl (C=O) groups excluding carboxylic acids is 1. The molecule has 25 heavy (non-hydrogen) atoms. The molecule has 6 nitrogen and oxygen atoms in total. The predicted molar refractivity (Wildman–Crippen MR) is 97.5 cm³/mol. The monoisotopic (exact) mass is 340 g/mol. The van der Waals surface area contributed by atoms with Gasteiger partial charge in [0.05, 0.1) is 24.2 Å². The van der Waals surface area contributed by atoms with Gasteiger partial charge < -0.3 is 15.3 Å². The Morgan fingerprint density at radius 3 is 2.44 bits per heavy atom. The second kappa shape index (κ2) is 7.61. The summed E-state index contributed by atoms with van der Waals surface area (Å²) in [4.78, 5) is 23.1. The van der Waals surface area contributed by atoms with Crippen LogP contribution in [0.25, 0.3) is 11.3 Å². The van der Waals surface area contributed by atoms with Crippen molar-refractivity contribution in [3.8, 4) is 11.3 Å². The molecular weight excluding hydrogens is 316 g/mol. The topological polar surface area (TPSA) is 78.4 Å². The van der Waals surface area contributed by atoms with E-state index in [1.54, 1.807) is 12.4 Å².